The number of carbonyl (C=O) groups excluding carboxylic acids is 1. The van der Waals surface area contributed by atoms with E-state index in [0.29, 0.717) is 25.6 Å². The molecule has 1 aliphatic rings. The molecule has 1 fully saturated rings. The van der Waals surface area contributed by atoms with E-state index in [1.54, 1.807) is 0 Å². The molecule has 0 aromatic rings. The van der Waals surface area contributed by atoms with Gasteiger partial charge in [0.1, 0.15) is 6.10 Å². The Morgan fingerprint density at radius 3 is 2.71 bits per heavy atom. The molecule has 1 rings (SSSR count). The summed E-state index contributed by atoms with van der Waals surface area (Å²) in [7, 11) is 0. The fourth-order valence-electron chi connectivity index (χ4n) is 2.73. The number of ether oxygens (including phenoxy) is 2. The lowest BCUT2D eigenvalue weighted by Gasteiger charge is -2.26. The van der Waals surface area contributed by atoms with Gasteiger partial charge in [0, 0.05) is 13.0 Å². The van der Waals surface area contributed by atoms with Crippen LogP contribution in [0.4, 0.5) is 0 Å². The van der Waals surface area contributed by atoms with E-state index >= 15 is 0 Å². The normalized spacial score (nSPS) is 22.2. The molecule has 0 aromatic carbocycles. The third-order valence-electron chi connectivity index (χ3n) is 4.16. The maximum Gasteiger partial charge on any atom is 0.305 e. The van der Waals surface area contributed by atoms with E-state index in [9.17, 15) is 9.90 Å². The molecule has 21 heavy (non-hydrogen) atoms. The van der Waals surface area contributed by atoms with Gasteiger partial charge >= 0.3 is 5.97 Å². The summed E-state index contributed by atoms with van der Waals surface area (Å²) in [5, 5.41) is 11.6. The third-order valence-corrected chi connectivity index (χ3v) is 4.16. The van der Waals surface area contributed by atoms with Gasteiger partial charge in [0.05, 0.1) is 13.2 Å². The number of esters is 1. The largest absolute Gasteiger partial charge is 0.466 e. The van der Waals surface area contributed by atoms with Crippen LogP contribution in [0, 0.1) is 5.92 Å². The van der Waals surface area contributed by atoms with Crippen molar-refractivity contribution in [1.29, 1.82) is 0 Å². The van der Waals surface area contributed by atoms with E-state index in [4.69, 9.17) is 9.47 Å². The van der Waals surface area contributed by atoms with Crippen molar-refractivity contribution in [2.75, 3.05) is 19.8 Å². The lowest BCUT2D eigenvalue weighted by Crippen LogP contribution is -2.31. The summed E-state index contributed by atoms with van der Waals surface area (Å²) in [6.45, 7) is 3.81. The quantitative estimate of drug-likeness (QED) is 0.429. The molecule has 0 bridgehead atoms. The van der Waals surface area contributed by atoms with E-state index < -0.39 is 6.10 Å². The molecule has 0 N–H and O–H groups in total. The summed E-state index contributed by atoms with van der Waals surface area (Å²) in [5.74, 6) is 0.245. The van der Waals surface area contributed by atoms with E-state index in [0.717, 1.165) is 64.4 Å². The molecular weight excluding hydrogens is 268 g/mol. The van der Waals surface area contributed by atoms with Crippen LogP contribution >= 0.6 is 0 Å². The van der Waals surface area contributed by atoms with Crippen LogP contribution in [0.2, 0.25) is 0 Å². The maximum atomic E-state index is 11.6. The third kappa shape index (κ3) is 9.10. The molecule has 1 aliphatic heterocycles. The van der Waals surface area contributed by atoms with Crippen LogP contribution in [0.5, 0.6) is 0 Å². The highest BCUT2D eigenvalue weighted by molar-refractivity contribution is 5.69. The average Bonchev–Trinajstić information content (AvgIpc) is 2.48. The topological polar surface area (TPSA) is 55.4 Å². The van der Waals surface area contributed by atoms with Gasteiger partial charge in [0.2, 0.25) is 0 Å². The Morgan fingerprint density at radius 1 is 1.14 bits per heavy atom. The van der Waals surface area contributed by atoms with Crippen LogP contribution in [-0.4, -0.2) is 31.9 Å². The monoisotopic (exact) mass is 299 g/mol. The van der Waals surface area contributed by atoms with Gasteiger partial charge in [-0.25, -0.2) is 5.11 Å². The van der Waals surface area contributed by atoms with Gasteiger partial charge in [-0.3, -0.25) is 4.79 Å². The molecule has 0 aliphatic carbocycles. The average molecular weight is 299 g/mol. The Labute approximate surface area is 129 Å². The molecular formula is C17H31O4. The SMILES string of the molecule is CCCCCC(=O)OCCCCCCC1CCOCC1[O]. The minimum atomic E-state index is -0.525. The van der Waals surface area contributed by atoms with Crippen LogP contribution < -0.4 is 0 Å². The van der Waals surface area contributed by atoms with Crippen molar-refractivity contribution in [3.8, 4) is 0 Å². The minimum Gasteiger partial charge on any atom is -0.466 e. The van der Waals surface area contributed by atoms with Crippen molar-refractivity contribution in [2.24, 2.45) is 5.92 Å². The minimum absolute atomic E-state index is 0.0557. The lowest BCUT2D eigenvalue weighted by atomic mass is 9.91. The standard InChI is InChI=1S/C17H31O4/c1-2-3-6-10-17(19)21-12-8-5-4-7-9-15-11-13-20-14-16(15)18/h15-16H,2-14H2,1H3. The van der Waals surface area contributed by atoms with Crippen molar-refractivity contribution in [3.05, 3.63) is 0 Å². The molecule has 2 unspecified atom stereocenters. The summed E-state index contributed by atoms with van der Waals surface area (Å²) < 4.78 is 10.4. The summed E-state index contributed by atoms with van der Waals surface area (Å²) in [4.78, 5) is 11.4. The lowest BCUT2D eigenvalue weighted by molar-refractivity contribution is -0.143. The number of hydrogen-bond donors (Lipinski definition) is 0. The van der Waals surface area contributed by atoms with Crippen molar-refractivity contribution in [1.82, 2.24) is 0 Å². The van der Waals surface area contributed by atoms with Gasteiger partial charge in [0.15, 0.2) is 0 Å². The van der Waals surface area contributed by atoms with Crippen LogP contribution in [0.1, 0.15) is 71.1 Å². The first-order valence-corrected chi connectivity index (χ1v) is 8.63. The van der Waals surface area contributed by atoms with Gasteiger partial charge in [-0.1, -0.05) is 39.0 Å². The predicted molar refractivity (Wildman–Crippen MR) is 81.6 cm³/mol. The molecule has 2 atom stereocenters. The van der Waals surface area contributed by atoms with E-state index in [-0.39, 0.29) is 5.97 Å². The first kappa shape index (κ1) is 18.4. The van der Waals surface area contributed by atoms with Crippen LogP contribution in [0.3, 0.4) is 0 Å². The molecule has 1 heterocycles. The fourth-order valence-corrected chi connectivity index (χ4v) is 2.73. The Hall–Kier alpha value is -0.610. The van der Waals surface area contributed by atoms with Crippen molar-refractivity contribution >= 4 is 5.97 Å². The molecule has 0 spiro atoms. The Bertz CT molecular complexity index is 268. The second-order valence-corrected chi connectivity index (χ2v) is 6.04. The molecule has 4 heteroatoms. The van der Waals surface area contributed by atoms with Gasteiger partial charge in [-0.2, -0.15) is 0 Å². The van der Waals surface area contributed by atoms with E-state index in [1.165, 1.54) is 0 Å². The van der Waals surface area contributed by atoms with Crippen LogP contribution in [-0.2, 0) is 19.4 Å². The van der Waals surface area contributed by atoms with E-state index in [2.05, 4.69) is 6.92 Å². The van der Waals surface area contributed by atoms with Crippen LogP contribution in [0.15, 0.2) is 0 Å². The predicted octanol–water partition coefficient (Wildman–Crippen LogP) is 3.90. The van der Waals surface area contributed by atoms with Gasteiger partial charge in [-0.15, -0.1) is 0 Å². The molecule has 123 valence electrons. The van der Waals surface area contributed by atoms with E-state index in [1.807, 2.05) is 0 Å². The first-order valence-electron chi connectivity index (χ1n) is 8.63. The van der Waals surface area contributed by atoms with Crippen LogP contribution in [0.25, 0.3) is 0 Å². The Kier molecular flexibility index (Phi) is 10.5. The highest BCUT2D eigenvalue weighted by atomic mass is 16.5. The highest BCUT2D eigenvalue weighted by Crippen LogP contribution is 2.22. The number of unbranched alkanes of at least 4 members (excludes halogenated alkanes) is 5. The zero-order valence-electron chi connectivity index (χ0n) is 13.5. The number of carbonyl (C=O) groups is 1. The molecule has 1 radical (unpaired) electrons. The summed E-state index contributed by atoms with van der Waals surface area (Å²) in [6, 6.07) is 0. The van der Waals surface area contributed by atoms with Gasteiger partial charge in [0.25, 0.3) is 0 Å². The van der Waals surface area contributed by atoms with Gasteiger partial charge < -0.3 is 9.47 Å². The van der Waals surface area contributed by atoms with Crippen molar-refractivity contribution in [2.45, 2.75) is 77.2 Å². The first-order chi connectivity index (χ1) is 10.2. The maximum absolute atomic E-state index is 11.6. The van der Waals surface area contributed by atoms with Gasteiger partial charge in [-0.05, 0) is 31.6 Å². The zero-order chi connectivity index (χ0) is 15.3. The molecule has 1 saturated heterocycles. The zero-order valence-corrected chi connectivity index (χ0v) is 13.5. The summed E-state index contributed by atoms with van der Waals surface area (Å²) >= 11 is 0. The second kappa shape index (κ2) is 12.0. The molecule has 0 saturated carbocycles. The Morgan fingerprint density at radius 2 is 1.95 bits per heavy atom. The summed E-state index contributed by atoms with van der Waals surface area (Å²) in [5.41, 5.74) is 0. The fraction of sp³-hybridized carbons (Fsp3) is 0.941. The number of rotatable bonds is 11. The second-order valence-electron chi connectivity index (χ2n) is 6.04. The smallest absolute Gasteiger partial charge is 0.305 e. The highest BCUT2D eigenvalue weighted by Gasteiger charge is 2.24. The summed E-state index contributed by atoms with van der Waals surface area (Å²) in [6.07, 6.45) is 9.39. The molecule has 0 aromatic heterocycles. The number of hydrogen-bond acceptors (Lipinski definition) is 3. The molecule has 4 nitrogen and oxygen atoms in total. The van der Waals surface area contributed by atoms with Crippen molar-refractivity contribution in [3.63, 3.8) is 0 Å². The Balaban J connectivity index is 1.87. The molecule has 0 amide bonds. The van der Waals surface area contributed by atoms with Crippen molar-refractivity contribution < 1.29 is 19.4 Å².